The van der Waals surface area contributed by atoms with E-state index in [-0.39, 0.29) is 0 Å². The Morgan fingerprint density at radius 2 is 2.86 bits per heavy atom. The second-order valence-corrected chi connectivity index (χ2v) is 1.27. The highest BCUT2D eigenvalue weighted by molar-refractivity contribution is 5.08. The van der Waals surface area contributed by atoms with Crippen LogP contribution in [0, 0.1) is 6.42 Å². The van der Waals surface area contributed by atoms with Gasteiger partial charge in [-0.05, 0) is 6.08 Å². The Hall–Kier alpha value is -0.660. The average molecular weight is 97.1 g/mol. The van der Waals surface area contributed by atoms with Gasteiger partial charge in [-0.25, -0.2) is 0 Å². The second kappa shape index (κ2) is 1.87. The number of hydrogen-bond acceptors (Lipinski definition) is 2. The first kappa shape index (κ1) is 4.50. The monoisotopic (exact) mass is 97.1 g/mol. The molecular weight excluding hydrogens is 90.1 g/mol. The SMILES string of the molecule is COC1=C[C]CN1. The summed E-state index contributed by atoms with van der Waals surface area (Å²) in [4.78, 5) is 0. The van der Waals surface area contributed by atoms with Gasteiger partial charge in [-0.1, -0.05) is 0 Å². The van der Waals surface area contributed by atoms with Crippen molar-refractivity contribution < 1.29 is 4.74 Å². The van der Waals surface area contributed by atoms with Crippen molar-refractivity contribution in [1.29, 1.82) is 0 Å². The number of ether oxygens (including phenoxy) is 1. The fraction of sp³-hybridized carbons (Fsp3) is 0.400. The fourth-order valence-electron chi connectivity index (χ4n) is 0.464. The summed E-state index contributed by atoms with van der Waals surface area (Å²) in [5.74, 6) is 0.806. The molecule has 0 aromatic heterocycles. The molecule has 0 aromatic carbocycles. The van der Waals surface area contributed by atoms with Crippen LogP contribution in [-0.2, 0) is 4.74 Å². The number of nitrogens with one attached hydrogen (secondary N) is 1. The molecule has 0 saturated carbocycles. The minimum absolute atomic E-state index is 0.781. The molecule has 0 aromatic rings. The molecule has 0 fully saturated rings. The molecule has 0 aliphatic carbocycles. The lowest BCUT2D eigenvalue weighted by Gasteiger charge is -1.97. The largest absolute Gasteiger partial charge is 0.483 e. The molecule has 0 saturated heterocycles. The third kappa shape index (κ3) is 0.856. The molecular formula is C5H7NO. The number of hydrogen-bond donors (Lipinski definition) is 1. The van der Waals surface area contributed by atoms with Crippen LogP contribution in [0.15, 0.2) is 12.0 Å². The highest BCUT2D eigenvalue weighted by atomic mass is 16.5. The van der Waals surface area contributed by atoms with Crippen molar-refractivity contribution >= 4 is 0 Å². The quantitative estimate of drug-likeness (QED) is 0.503. The number of methoxy groups -OCH3 is 1. The van der Waals surface area contributed by atoms with Gasteiger partial charge in [0.2, 0.25) is 0 Å². The van der Waals surface area contributed by atoms with E-state index in [0.717, 1.165) is 12.4 Å². The summed E-state index contributed by atoms with van der Waals surface area (Å²) in [6.07, 6.45) is 4.72. The van der Waals surface area contributed by atoms with Gasteiger partial charge in [0.15, 0.2) is 5.88 Å². The maximum Gasteiger partial charge on any atom is 0.182 e. The van der Waals surface area contributed by atoms with Crippen molar-refractivity contribution in [3.8, 4) is 0 Å². The lowest BCUT2D eigenvalue weighted by molar-refractivity contribution is 0.270. The molecule has 0 bridgehead atoms. The van der Waals surface area contributed by atoms with Crippen LogP contribution < -0.4 is 5.32 Å². The highest BCUT2D eigenvalue weighted by Crippen LogP contribution is 1.97. The molecule has 38 valence electrons. The molecule has 0 unspecified atom stereocenters. The van der Waals surface area contributed by atoms with Gasteiger partial charge in [0.1, 0.15) is 0 Å². The minimum Gasteiger partial charge on any atom is -0.483 e. The molecule has 1 aliphatic rings. The van der Waals surface area contributed by atoms with Crippen LogP contribution in [-0.4, -0.2) is 13.7 Å². The minimum atomic E-state index is 0.781. The Bertz CT molecular complexity index is 88.1. The highest BCUT2D eigenvalue weighted by Gasteiger charge is 1.99. The Morgan fingerprint density at radius 1 is 2.00 bits per heavy atom. The summed E-state index contributed by atoms with van der Waals surface area (Å²) in [5, 5.41) is 2.93. The van der Waals surface area contributed by atoms with E-state index in [9.17, 15) is 0 Å². The van der Waals surface area contributed by atoms with Crippen LogP contribution in [0.4, 0.5) is 0 Å². The Labute approximate surface area is 43.2 Å². The second-order valence-electron chi connectivity index (χ2n) is 1.27. The molecule has 7 heavy (non-hydrogen) atoms. The van der Waals surface area contributed by atoms with Crippen LogP contribution in [0.5, 0.6) is 0 Å². The smallest absolute Gasteiger partial charge is 0.182 e. The fourth-order valence-corrected chi connectivity index (χ4v) is 0.464. The van der Waals surface area contributed by atoms with E-state index in [1.54, 1.807) is 13.2 Å². The van der Waals surface area contributed by atoms with Crippen molar-refractivity contribution in [3.63, 3.8) is 0 Å². The van der Waals surface area contributed by atoms with Gasteiger partial charge in [0.05, 0.1) is 7.11 Å². The van der Waals surface area contributed by atoms with Crippen molar-refractivity contribution in [1.82, 2.24) is 5.32 Å². The molecule has 0 amide bonds. The topological polar surface area (TPSA) is 21.3 Å². The van der Waals surface area contributed by atoms with Crippen LogP contribution in [0.25, 0.3) is 0 Å². The van der Waals surface area contributed by atoms with Crippen LogP contribution in [0.2, 0.25) is 0 Å². The normalized spacial score (nSPS) is 18.1. The van der Waals surface area contributed by atoms with Gasteiger partial charge >= 0.3 is 0 Å². The average Bonchev–Trinajstić information content (AvgIpc) is 2.14. The zero-order valence-electron chi connectivity index (χ0n) is 4.19. The Kier molecular flexibility index (Phi) is 1.20. The molecule has 0 atom stereocenters. The molecule has 2 heteroatoms. The van der Waals surface area contributed by atoms with Crippen LogP contribution >= 0.6 is 0 Å². The summed E-state index contributed by atoms with van der Waals surface area (Å²) >= 11 is 0. The van der Waals surface area contributed by atoms with Crippen molar-refractivity contribution in [2.24, 2.45) is 0 Å². The lowest BCUT2D eigenvalue weighted by atomic mass is 10.5. The lowest BCUT2D eigenvalue weighted by Crippen LogP contribution is -2.08. The van der Waals surface area contributed by atoms with Gasteiger partial charge in [-0.15, -0.1) is 0 Å². The van der Waals surface area contributed by atoms with E-state index in [1.807, 2.05) is 0 Å². The Morgan fingerprint density at radius 3 is 3.14 bits per heavy atom. The Balaban J connectivity index is 2.36. The first-order chi connectivity index (χ1) is 3.43. The summed E-state index contributed by atoms with van der Waals surface area (Å²) < 4.78 is 4.80. The van der Waals surface area contributed by atoms with Crippen molar-refractivity contribution in [2.75, 3.05) is 13.7 Å². The van der Waals surface area contributed by atoms with Gasteiger partial charge in [0, 0.05) is 13.0 Å². The zero-order chi connectivity index (χ0) is 5.11. The van der Waals surface area contributed by atoms with E-state index in [0.29, 0.717) is 0 Å². The summed E-state index contributed by atoms with van der Waals surface area (Å²) in [7, 11) is 1.63. The van der Waals surface area contributed by atoms with Gasteiger partial charge in [-0.3, -0.25) is 0 Å². The zero-order valence-corrected chi connectivity index (χ0v) is 4.19. The molecule has 1 heterocycles. The van der Waals surface area contributed by atoms with Gasteiger partial charge < -0.3 is 10.1 Å². The third-order valence-electron chi connectivity index (χ3n) is 0.818. The van der Waals surface area contributed by atoms with E-state index >= 15 is 0 Å². The van der Waals surface area contributed by atoms with E-state index in [2.05, 4.69) is 11.7 Å². The van der Waals surface area contributed by atoms with Crippen LogP contribution in [0.3, 0.4) is 0 Å². The first-order valence-electron chi connectivity index (χ1n) is 2.15. The maximum absolute atomic E-state index is 4.80. The molecule has 1 N–H and O–H groups in total. The standard InChI is InChI=1S/C5H7NO/c1-7-5-3-2-4-6-5/h3,6H,4H2,1H3. The molecule has 2 nitrogen and oxygen atoms in total. The molecule has 2 radical (unpaired) electrons. The van der Waals surface area contributed by atoms with Crippen molar-refractivity contribution in [3.05, 3.63) is 18.4 Å². The van der Waals surface area contributed by atoms with Crippen LogP contribution in [0.1, 0.15) is 0 Å². The molecule has 1 rings (SSSR count). The number of rotatable bonds is 1. The predicted molar refractivity (Wildman–Crippen MR) is 26.3 cm³/mol. The van der Waals surface area contributed by atoms with Gasteiger partial charge in [-0.2, -0.15) is 0 Å². The molecule has 0 spiro atoms. The predicted octanol–water partition coefficient (Wildman–Crippen LogP) is 0.159. The third-order valence-corrected chi connectivity index (χ3v) is 0.818. The van der Waals surface area contributed by atoms with E-state index in [1.165, 1.54) is 0 Å². The molecule has 1 aliphatic heterocycles. The van der Waals surface area contributed by atoms with E-state index in [4.69, 9.17) is 4.74 Å². The maximum atomic E-state index is 4.80. The summed E-state index contributed by atoms with van der Waals surface area (Å²) in [6, 6.07) is 0. The summed E-state index contributed by atoms with van der Waals surface area (Å²) in [6.45, 7) is 0.781. The van der Waals surface area contributed by atoms with E-state index < -0.39 is 0 Å². The van der Waals surface area contributed by atoms with Crippen molar-refractivity contribution in [2.45, 2.75) is 0 Å². The summed E-state index contributed by atoms with van der Waals surface area (Å²) in [5.41, 5.74) is 0. The van der Waals surface area contributed by atoms with Gasteiger partial charge in [0.25, 0.3) is 0 Å². The first-order valence-corrected chi connectivity index (χ1v) is 2.15.